The number of benzene rings is 1. The third-order valence-corrected chi connectivity index (χ3v) is 5.14. The molecule has 0 aliphatic rings. The monoisotopic (exact) mass is 311 g/mol. The predicted molar refractivity (Wildman–Crippen MR) is 89.1 cm³/mol. The molecule has 3 nitrogen and oxygen atoms in total. The zero-order valence-electron chi connectivity index (χ0n) is 13.8. The number of nitrogens with one attached hydrogen (secondary N) is 1. The van der Waals surface area contributed by atoms with Gasteiger partial charge in [-0.05, 0) is 49.9 Å². The van der Waals surface area contributed by atoms with E-state index in [-0.39, 0.29) is 6.04 Å². The normalized spacial score (nSPS) is 12.0. The Bertz CT molecular complexity index is 509. The largest absolute Gasteiger partial charge is 0.240 e. The van der Waals surface area contributed by atoms with E-state index in [2.05, 4.69) is 18.6 Å². The highest BCUT2D eigenvalue weighted by atomic mass is 32.2. The van der Waals surface area contributed by atoms with Crippen LogP contribution in [-0.4, -0.2) is 14.5 Å². The summed E-state index contributed by atoms with van der Waals surface area (Å²) in [6, 6.07) is 5.53. The van der Waals surface area contributed by atoms with Crippen molar-refractivity contribution in [1.29, 1.82) is 0 Å². The molecule has 0 atom stereocenters. The van der Waals surface area contributed by atoms with Gasteiger partial charge >= 0.3 is 0 Å². The van der Waals surface area contributed by atoms with E-state index in [1.54, 1.807) is 12.1 Å². The van der Waals surface area contributed by atoms with Crippen LogP contribution in [0.25, 0.3) is 0 Å². The molecular formula is C17H29NO2S. The van der Waals surface area contributed by atoms with Crippen LogP contribution in [0, 0.1) is 13.8 Å². The smallest absolute Gasteiger partial charge is 0.208 e. The fourth-order valence-corrected chi connectivity index (χ4v) is 4.03. The van der Waals surface area contributed by atoms with E-state index in [0.717, 1.165) is 49.7 Å². The van der Waals surface area contributed by atoms with Gasteiger partial charge in [-0.25, -0.2) is 13.1 Å². The van der Waals surface area contributed by atoms with Crippen molar-refractivity contribution in [3.05, 3.63) is 29.3 Å². The van der Waals surface area contributed by atoms with Gasteiger partial charge in [-0.2, -0.15) is 0 Å². The molecule has 1 aromatic rings. The summed E-state index contributed by atoms with van der Waals surface area (Å²) in [7, 11) is -3.42. The second-order valence-electron chi connectivity index (χ2n) is 5.93. The molecule has 0 aromatic heterocycles. The maximum atomic E-state index is 12.6. The van der Waals surface area contributed by atoms with E-state index in [9.17, 15) is 8.42 Å². The van der Waals surface area contributed by atoms with Crippen molar-refractivity contribution in [1.82, 2.24) is 4.72 Å². The lowest BCUT2D eigenvalue weighted by Crippen LogP contribution is -2.35. The van der Waals surface area contributed by atoms with Crippen molar-refractivity contribution in [2.75, 3.05) is 0 Å². The molecular weight excluding hydrogens is 282 g/mol. The van der Waals surface area contributed by atoms with E-state index in [4.69, 9.17) is 0 Å². The Balaban J connectivity index is 2.88. The fraction of sp³-hybridized carbons (Fsp3) is 0.647. The second kappa shape index (κ2) is 8.54. The number of hydrogen-bond acceptors (Lipinski definition) is 2. The highest BCUT2D eigenvalue weighted by molar-refractivity contribution is 7.89. The number of hydrogen-bond donors (Lipinski definition) is 1. The van der Waals surface area contributed by atoms with Crippen molar-refractivity contribution < 1.29 is 8.42 Å². The lowest BCUT2D eigenvalue weighted by atomic mass is 10.1. The van der Waals surface area contributed by atoms with E-state index >= 15 is 0 Å². The molecule has 0 aliphatic heterocycles. The quantitative estimate of drug-likeness (QED) is 0.738. The van der Waals surface area contributed by atoms with Gasteiger partial charge in [-0.1, -0.05) is 45.6 Å². The minimum atomic E-state index is -3.42. The minimum Gasteiger partial charge on any atom is -0.208 e. The van der Waals surface area contributed by atoms with Crippen LogP contribution in [0.15, 0.2) is 23.1 Å². The number of rotatable bonds is 9. The summed E-state index contributed by atoms with van der Waals surface area (Å²) in [6.07, 6.45) is 6.14. The van der Waals surface area contributed by atoms with E-state index in [0.29, 0.717) is 4.90 Å². The maximum Gasteiger partial charge on any atom is 0.240 e. The molecule has 4 heteroatoms. The molecule has 0 aliphatic carbocycles. The highest BCUT2D eigenvalue weighted by Crippen LogP contribution is 2.17. The van der Waals surface area contributed by atoms with Crippen LogP contribution in [-0.2, 0) is 10.0 Å². The summed E-state index contributed by atoms with van der Waals surface area (Å²) in [5.74, 6) is 0. The Kier molecular flexibility index (Phi) is 7.40. The van der Waals surface area contributed by atoms with Crippen LogP contribution >= 0.6 is 0 Å². The molecule has 0 amide bonds. The van der Waals surface area contributed by atoms with Crippen LogP contribution in [0.4, 0.5) is 0 Å². The fourth-order valence-electron chi connectivity index (χ4n) is 2.54. The minimum absolute atomic E-state index is 0.0516. The Labute approximate surface area is 130 Å². The van der Waals surface area contributed by atoms with Gasteiger partial charge in [0.15, 0.2) is 0 Å². The van der Waals surface area contributed by atoms with Gasteiger partial charge in [0.1, 0.15) is 0 Å². The van der Waals surface area contributed by atoms with Crippen molar-refractivity contribution in [3.63, 3.8) is 0 Å². The zero-order chi connectivity index (χ0) is 15.9. The van der Waals surface area contributed by atoms with Crippen LogP contribution in [0.5, 0.6) is 0 Å². The van der Waals surface area contributed by atoms with Crippen LogP contribution in [0.3, 0.4) is 0 Å². The van der Waals surface area contributed by atoms with Crippen molar-refractivity contribution in [3.8, 4) is 0 Å². The molecule has 0 spiro atoms. The van der Waals surface area contributed by atoms with E-state index in [1.807, 2.05) is 19.9 Å². The molecule has 0 heterocycles. The number of aryl methyl sites for hydroxylation is 2. The Morgan fingerprint density at radius 2 is 1.43 bits per heavy atom. The predicted octanol–water partition coefficient (Wildman–Crippen LogP) is 4.33. The standard InChI is InChI=1S/C17H29NO2S/c1-5-7-9-16(10-8-6-2)18-21(19,20)17-12-14(3)11-15(4)13-17/h11-13,16,18H,5-10H2,1-4H3. The Morgan fingerprint density at radius 3 is 1.86 bits per heavy atom. The Hall–Kier alpha value is -0.870. The SMILES string of the molecule is CCCCC(CCCC)NS(=O)(=O)c1cc(C)cc(C)c1. The van der Waals surface area contributed by atoms with Gasteiger partial charge in [0.05, 0.1) is 4.90 Å². The van der Waals surface area contributed by atoms with Gasteiger partial charge in [0, 0.05) is 6.04 Å². The van der Waals surface area contributed by atoms with Crippen molar-refractivity contribution in [2.45, 2.75) is 77.2 Å². The first-order valence-corrected chi connectivity index (χ1v) is 9.48. The van der Waals surface area contributed by atoms with E-state index in [1.165, 1.54) is 0 Å². The van der Waals surface area contributed by atoms with Gasteiger partial charge < -0.3 is 0 Å². The zero-order valence-corrected chi connectivity index (χ0v) is 14.6. The van der Waals surface area contributed by atoms with Gasteiger partial charge in [-0.3, -0.25) is 0 Å². The van der Waals surface area contributed by atoms with Crippen LogP contribution in [0.2, 0.25) is 0 Å². The van der Waals surface area contributed by atoms with Gasteiger partial charge in [-0.15, -0.1) is 0 Å². The molecule has 0 fully saturated rings. The topological polar surface area (TPSA) is 46.2 Å². The number of sulfonamides is 1. The molecule has 1 N–H and O–H groups in total. The average Bonchev–Trinajstić information content (AvgIpc) is 2.40. The summed E-state index contributed by atoms with van der Waals surface area (Å²) < 4.78 is 28.0. The summed E-state index contributed by atoms with van der Waals surface area (Å²) >= 11 is 0. The van der Waals surface area contributed by atoms with Crippen molar-refractivity contribution in [2.24, 2.45) is 0 Å². The van der Waals surface area contributed by atoms with Crippen LogP contribution < -0.4 is 4.72 Å². The highest BCUT2D eigenvalue weighted by Gasteiger charge is 2.20. The summed E-state index contributed by atoms with van der Waals surface area (Å²) in [5, 5.41) is 0. The maximum absolute atomic E-state index is 12.6. The van der Waals surface area contributed by atoms with Crippen LogP contribution in [0.1, 0.15) is 63.5 Å². The molecule has 1 rings (SSSR count). The third-order valence-electron chi connectivity index (χ3n) is 3.64. The summed E-state index contributed by atoms with van der Waals surface area (Å²) in [5.41, 5.74) is 1.96. The lowest BCUT2D eigenvalue weighted by Gasteiger charge is -2.19. The Morgan fingerprint density at radius 1 is 0.952 bits per heavy atom. The first-order valence-electron chi connectivity index (χ1n) is 7.99. The summed E-state index contributed by atoms with van der Waals surface area (Å²) in [4.78, 5) is 0.387. The third kappa shape index (κ3) is 6.18. The molecule has 0 saturated heterocycles. The second-order valence-corrected chi connectivity index (χ2v) is 7.64. The van der Waals surface area contributed by atoms with Gasteiger partial charge in [0.2, 0.25) is 10.0 Å². The molecule has 120 valence electrons. The molecule has 21 heavy (non-hydrogen) atoms. The van der Waals surface area contributed by atoms with Crippen molar-refractivity contribution >= 4 is 10.0 Å². The molecule has 0 saturated carbocycles. The summed E-state index contributed by atoms with van der Waals surface area (Å²) in [6.45, 7) is 8.12. The van der Waals surface area contributed by atoms with E-state index < -0.39 is 10.0 Å². The molecule has 0 bridgehead atoms. The van der Waals surface area contributed by atoms with Gasteiger partial charge in [0.25, 0.3) is 0 Å². The average molecular weight is 311 g/mol. The lowest BCUT2D eigenvalue weighted by molar-refractivity contribution is 0.473. The number of unbranched alkanes of at least 4 members (excludes halogenated alkanes) is 2. The molecule has 1 aromatic carbocycles. The molecule has 0 radical (unpaired) electrons. The first kappa shape index (κ1) is 18.2. The molecule has 0 unspecified atom stereocenters. The first-order chi connectivity index (χ1) is 9.89.